The second-order valence-electron chi connectivity index (χ2n) is 5.04. The summed E-state index contributed by atoms with van der Waals surface area (Å²) in [4.78, 5) is 45.9. The molecule has 0 aromatic heterocycles. The van der Waals surface area contributed by atoms with Gasteiger partial charge in [0.05, 0.1) is 6.54 Å². The molecule has 8 heteroatoms. The van der Waals surface area contributed by atoms with Gasteiger partial charge in [-0.1, -0.05) is 13.8 Å². The predicted molar refractivity (Wildman–Crippen MR) is 77.1 cm³/mol. The van der Waals surface area contributed by atoms with Crippen LogP contribution in [-0.4, -0.2) is 49.3 Å². The first kappa shape index (κ1) is 18.9. The van der Waals surface area contributed by atoms with E-state index in [9.17, 15) is 19.2 Å². The van der Waals surface area contributed by atoms with E-state index in [2.05, 4.69) is 21.3 Å². The van der Waals surface area contributed by atoms with Gasteiger partial charge in [0.25, 0.3) is 0 Å². The molecule has 4 N–H and O–H groups in total. The third-order valence-electron chi connectivity index (χ3n) is 2.76. The number of carbonyl (C=O) groups excluding carboxylic acids is 4. The highest BCUT2D eigenvalue weighted by molar-refractivity contribution is 5.92. The normalized spacial score (nSPS) is 13.0. The topological polar surface area (TPSA) is 116 Å². The van der Waals surface area contributed by atoms with Crippen LogP contribution in [0.3, 0.4) is 0 Å². The summed E-state index contributed by atoms with van der Waals surface area (Å²) < 4.78 is 0. The molecule has 0 aromatic rings. The SMILES string of the molecule is CNC(=O)[C@H](C)NC(=O)[C@@H](NC(=O)CNC(C)=O)C(C)C. The highest BCUT2D eigenvalue weighted by atomic mass is 16.2. The van der Waals surface area contributed by atoms with Gasteiger partial charge in [-0.25, -0.2) is 0 Å². The Hall–Kier alpha value is -2.12. The Bertz CT molecular complexity index is 409. The first-order chi connectivity index (χ1) is 9.68. The third kappa shape index (κ3) is 7.28. The Labute approximate surface area is 124 Å². The van der Waals surface area contributed by atoms with E-state index in [0.29, 0.717) is 0 Å². The summed E-state index contributed by atoms with van der Waals surface area (Å²) in [5, 5.41) is 9.84. The molecule has 0 saturated heterocycles. The van der Waals surface area contributed by atoms with Gasteiger partial charge < -0.3 is 21.3 Å². The number of nitrogens with one attached hydrogen (secondary N) is 4. The highest BCUT2D eigenvalue weighted by Gasteiger charge is 2.26. The van der Waals surface area contributed by atoms with E-state index in [1.807, 2.05) is 0 Å². The van der Waals surface area contributed by atoms with Crippen LogP contribution in [0.2, 0.25) is 0 Å². The zero-order valence-electron chi connectivity index (χ0n) is 13.1. The van der Waals surface area contributed by atoms with Crippen molar-refractivity contribution in [2.24, 2.45) is 5.92 Å². The van der Waals surface area contributed by atoms with E-state index in [4.69, 9.17) is 0 Å². The molecule has 0 spiro atoms. The van der Waals surface area contributed by atoms with Crippen molar-refractivity contribution in [2.45, 2.75) is 39.8 Å². The van der Waals surface area contributed by atoms with E-state index in [0.717, 1.165) is 0 Å². The standard InChI is InChI=1S/C13H24N4O4/c1-7(2)11(17-10(19)6-15-9(4)18)13(21)16-8(3)12(20)14-5/h7-8,11H,6H2,1-5H3,(H,14,20)(H,15,18)(H,16,21)(H,17,19)/t8-,11-/m0/s1. The average Bonchev–Trinajstić information content (AvgIpc) is 2.40. The van der Waals surface area contributed by atoms with Crippen molar-refractivity contribution in [2.75, 3.05) is 13.6 Å². The lowest BCUT2D eigenvalue weighted by molar-refractivity contribution is -0.132. The zero-order chi connectivity index (χ0) is 16.6. The lowest BCUT2D eigenvalue weighted by Crippen LogP contribution is -2.55. The van der Waals surface area contributed by atoms with Crippen molar-refractivity contribution in [1.29, 1.82) is 0 Å². The Balaban J connectivity index is 4.60. The molecule has 0 aliphatic rings. The van der Waals surface area contributed by atoms with Crippen LogP contribution in [-0.2, 0) is 19.2 Å². The van der Waals surface area contributed by atoms with Crippen molar-refractivity contribution in [3.8, 4) is 0 Å². The lowest BCUT2D eigenvalue weighted by Gasteiger charge is -2.23. The third-order valence-corrected chi connectivity index (χ3v) is 2.76. The van der Waals surface area contributed by atoms with Crippen LogP contribution in [0.4, 0.5) is 0 Å². The van der Waals surface area contributed by atoms with Gasteiger partial charge in [-0.15, -0.1) is 0 Å². The molecule has 0 aromatic carbocycles. The Morgan fingerprint density at radius 1 is 0.952 bits per heavy atom. The molecule has 0 radical (unpaired) electrons. The quantitative estimate of drug-likeness (QED) is 0.458. The van der Waals surface area contributed by atoms with Crippen molar-refractivity contribution in [3.05, 3.63) is 0 Å². The van der Waals surface area contributed by atoms with Crippen LogP contribution in [0.5, 0.6) is 0 Å². The molecular formula is C13H24N4O4. The average molecular weight is 300 g/mol. The van der Waals surface area contributed by atoms with Gasteiger partial charge >= 0.3 is 0 Å². The molecule has 0 aliphatic heterocycles. The molecule has 8 nitrogen and oxygen atoms in total. The zero-order valence-corrected chi connectivity index (χ0v) is 13.1. The molecular weight excluding hydrogens is 276 g/mol. The number of hydrogen-bond donors (Lipinski definition) is 4. The maximum Gasteiger partial charge on any atom is 0.243 e. The number of likely N-dealkylation sites (N-methyl/N-ethyl adjacent to an activating group) is 1. The minimum absolute atomic E-state index is 0.164. The van der Waals surface area contributed by atoms with Crippen molar-refractivity contribution < 1.29 is 19.2 Å². The fourth-order valence-electron chi connectivity index (χ4n) is 1.55. The summed E-state index contributed by atoms with van der Waals surface area (Å²) in [7, 11) is 1.47. The number of carbonyl (C=O) groups is 4. The first-order valence-corrected chi connectivity index (χ1v) is 6.74. The second kappa shape index (κ2) is 8.93. The van der Waals surface area contributed by atoms with Crippen LogP contribution < -0.4 is 21.3 Å². The number of rotatable bonds is 7. The van der Waals surface area contributed by atoms with Gasteiger partial charge in [0.15, 0.2) is 0 Å². The monoisotopic (exact) mass is 300 g/mol. The minimum atomic E-state index is -0.779. The van der Waals surface area contributed by atoms with E-state index in [1.54, 1.807) is 20.8 Å². The lowest BCUT2D eigenvalue weighted by atomic mass is 10.0. The summed E-state index contributed by atoms with van der Waals surface area (Å²) in [6.45, 7) is 6.19. The molecule has 4 amide bonds. The van der Waals surface area contributed by atoms with Gasteiger partial charge in [0.1, 0.15) is 12.1 Å². The molecule has 2 atom stereocenters. The number of amides is 4. The Morgan fingerprint density at radius 2 is 1.52 bits per heavy atom. The molecule has 0 saturated carbocycles. The largest absolute Gasteiger partial charge is 0.357 e. The molecule has 0 heterocycles. The van der Waals surface area contributed by atoms with Gasteiger partial charge in [-0.2, -0.15) is 0 Å². The van der Waals surface area contributed by atoms with Crippen LogP contribution in [0.25, 0.3) is 0 Å². The Kier molecular flexibility index (Phi) is 8.03. The van der Waals surface area contributed by atoms with E-state index in [1.165, 1.54) is 14.0 Å². The molecule has 0 unspecified atom stereocenters. The minimum Gasteiger partial charge on any atom is -0.357 e. The summed E-state index contributed by atoms with van der Waals surface area (Å²) in [6.07, 6.45) is 0. The van der Waals surface area contributed by atoms with Crippen LogP contribution >= 0.6 is 0 Å². The van der Waals surface area contributed by atoms with E-state index >= 15 is 0 Å². The van der Waals surface area contributed by atoms with Crippen LogP contribution in [0, 0.1) is 5.92 Å². The van der Waals surface area contributed by atoms with Crippen molar-refractivity contribution >= 4 is 23.6 Å². The molecule has 21 heavy (non-hydrogen) atoms. The molecule has 0 rings (SSSR count). The fraction of sp³-hybridized carbons (Fsp3) is 0.692. The first-order valence-electron chi connectivity index (χ1n) is 6.74. The fourth-order valence-corrected chi connectivity index (χ4v) is 1.55. The molecule has 120 valence electrons. The van der Waals surface area contributed by atoms with Gasteiger partial charge in [-0.3, -0.25) is 19.2 Å². The van der Waals surface area contributed by atoms with E-state index in [-0.39, 0.29) is 24.3 Å². The summed E-state index contributed by atoms with van der Waals surface area (Å²) in [5.74, 6) is -1.73. The number of hydrogen-bond acceptors (Lipinski definition) is 4. The van der Waals surface area contributed by atoms with Crippen molar-refractivity contribution in [3.63, 3.8) is 0 Å². The summed E-state index contributed by atoms with van der Waals surface area (Å²) >= 11 is 0. The smallest absolute Gasteiger partial charge is 0.243 e. The summed E-state index contributed by atoms with van der Waals surface area (Å²) in [6, 6.07) is -1.48. The second-order valence-corrected chi connectivity index (χ2v) is 5.04. The summed E-state index contributed by atoms with van der Waals surface area (Å²) in [5.41, 5.74) is 0. The van der Waals surface area contributed by atoms with Crippen LogP contribution in [0.15, 0.2) is 0 Å². The van der Waals surface area contributed by atoms with Crippen molar-refractivity contribution in [1.82, 2.24) is 21.3 Å². The maximum atomic E-state index is 12.1. The van der Waals surface area contributed by atoms with Crippen LogP contribution in [0.1, 0.15) is 27.7 Å². The molecule has 0 aliphatic carbocycles. The van der Waals surface area contributed by atoms with Gasteiger partial charge in [0, 0.05) is 14.0 Å². The van der Waals surface area contributed by atoms with Gasteiger partial charge in [-0.05, 0) is 12.8 Å². The molecule has 0 bridgehead atoms. The molecule has 0 fully saturated rings. The predicted octanol–water partition coefficient (Wildman–Crippen LogP) is -1.49. The maximum absolute atomic E-state index is 12.1. The Morgan fingerprint density at radius 3 is 1.95 bits per heavy atom. The van der Waals surface area contributed by atoms with Gasteiger partial charge in [0.2, 0.25) is 23.6 Å². The van der Waals surface area contributed by atoms with E-state index < -0.39 is 23.9 Å². The highest BCUT2D eigenvalue weighted by Crippen LogP contribution is 2.02.